The molecule has 0 fully saturated rings. The number of halogens is 2. The van der Waals surface area contributed by atoms with Gasteiger partial charge in [0.1, 0.15) is 5.75 Å². The number of amides is 2. The lowest BCUT2D eigenvalue weighted by atomic mass is 10.1. The fraction of sp³-hybridized carbons (Fsp3) is 0.0345. The lowest BCUT2D eigenvalue weighted by Crippen LogP contribution is -2.21. The van der Waals surface area contributed by atoms with Gasteiger partial charge in [0.25, 0.3) is 11.8 Å². The first kappa shape index (κ1) is 27.0. The van der Waals surface area contributed by atoms with Gasteiger partial charge in [-0.25, -0.2) is 10.2 Å². The van der Waals surface area contributed by atoms with E-state index >= 15 is 0 Å². The van der Waals surface area contributed by atoms with Crippen LogP contribution in [0.15, 0.2) is 105 Å². The molecular weight excluding hydrogens is 614 g/mol. The van der Waals surface area contributed by atoms with E-state index in [-0.39, 0.29) is 17.2 Å². The molecule has 0 saturated heterocycles. The monoisotopic (exact) mass is 633 g/mol. The van der Waals surface area contributed by atoms with Gasteiger partial charge in [0, 0.05) is 20.1 Å². The molecule has 0 radical (unpaired) electrons. The Labute approximate surface area is 236 Å². The minimum atomic E-state index is -0.527. The molecule has 4 aromatic carbocycles. The van der Waals surface area contributed by atoms with Crippen LogP contribution < -0.4 is 15.5 Å². The first-order chi connectivity index (χ1) is 18.3. The number of nitrogens with zero attached hydrogens (tertiary/aromatic N) is 1. The summed E-state index contributed by atoms with van der Waals surface area (Å²) in [6, 6.07) is 25.6. The Morgan fingerprint density at radius 3 is 2.29 bits per heavy atom. The summed E-state index contributed by atoms with van der Waals surface area (Å²) in [4.78, 5) is 38.2. The molecule has 0 bridgehead atoms. The number of para-hydroxylation sites is 1. The smallest absolute Gasteiger partial charge is 0.343 e. The van der Waals surface area contributed by atoms with E-state index in [9.17, 15) is 14.4 Å². The van der Waals surface area contributed by atoms with E-state index in [0.717, 1.165) is 14.5 Å². The molecule has 4 rings (SSSR count). The number of anilines is 1. The van der Waals surface area contributed by atoms with Gasteiger partial charge in [0.15, 0.2) is 0 Å². The Kier molecular flexibility index (Phi) is 8.83. The zero-order chi connectivity index (χ0) is 27.1. The Balaban J connectivity index is 1.47. The van der Waals surface area contributed by atoms with Gasteiger partial charge in [-0.15, -0.1) is 0 Å². The predicted molar refractivity (Wildman–Crippen MR) is 154 cm³/mol. The second-order valence-corrected chi connectivity index (χ2v) is 9.98. The average Bonchev–Trinajstić information content (AvgIpc) is 2.90. The number of benzene rings is 4. The van der Waals surface area contributed by atoms with E-state index in [1.165, 1.54) is 6.21 Å². The highest BCUT2D eigenvalue weighted by molar-refractivity contribution is 9.10. The zero-order valence-corrected chi connectivity index (χ0v) is 23.2. The molecule has 0 aliphatic carbocycles. The Morgan fingerprint density at radius 1 is 0.789 bits per heavy atom. The molecule has 0 heterocycles. The van der Waals surface area contributed by atoms with Crippen LogP contribution in [0.5, 0.6) is 5.75 Å². The molecule has 0 aliphatic rings. The molecular formula is C29H21Br2N3O4. The van der Waals surface area contributed by atoms with Gasteiger partial charge in [0.2, 0.25) is 0 Å². The number of hydrogen-bond acceptors (Lipinski definition) is 5. The van der Waals surface area contributed by atoms with Crippen LogP contribution in [-0.2, 0) is 0 Å². The first-order valence-electron chi connectivity index (χ1n) is 11.4. The maximum Gasteiger partial charge on any atom is 0.343 e. The van der Waals surface area contributed by atoms with E-state index in [0.29, 0.717) is 22.4 Å². The molecule has 38 heavy (non-hydrogen) atoms. The number of hydrogen-bond donors (Lipinski definition) is 2. The van der Waals surface area contributed by atoms with Gasteiger partial charge < -0.3 is 10.1 Å². The standard InChI is InChI=1S/C29H21Br2N3O4/c1-18-5-4-6-20(15-18)29(37)38-26-14-13-23(31)16-21(26)17-32-34-28(36)24-7-2-3-8-25(24)33-27(35)19-9-11-22(30)12-10-19/h2-17H,1H3,(H,33,35)(H,34,36)/b32-17-. The van der Waals surface area contributed by atoms with Crippen LogP contribution in [0.2, 0.25) is 0 Å². The lowest BCUT2D eigenvalue weighted by Gasteiger charge is -2.10. The van der Waals surface area contributed by atoms with Crippen LogP contribution in [0.1, 0.15) is 42.2 Å². The van der Waals surface area contributed by atoms with Crippen molar-refractivity contribution in [3.8, 4) is 5.75 Å². The minimum absolute atomic E-state index is 0.232. The van der Waals surface area contributed by atoms with Crippen LogP contribution in [0.4, 0.5) is 5.69 Å². The molecule has 4 aromatic rings. The highest BCUT2D eigenvalue weighted by Gasteiger charge is 2.15. The van der Waals surface area contributed by atoms with Gasteiger partial charge in [-0.1, -0.05) is 61.7 Å². The summed E-state index contributed by atoms with van der Waals surface area (Å²) in [6.45, 7) is 1.89. The fourth-order valence-electron chi connectivity index (χ4n) is 3.45. The predicted octanol–water partition coefficient (Wildman–Crippen LogP) is 6.76. The van der Waals surface area contributed by atoms with Crippen molar-refractivity contribution in [3.05, 3.63) is 128 Å². The number of esters is 1. The number of ether oxygens (including phenoxy) is 1. The van der Waals surface area contributed by atoms with Gasteiger partial charge in [-0.3, -0.25) is 9.59 Å². The van der Waals surface area contributed by atoms with Crippen molar-refractivity contribution in [1.82, 2.24) is 5.43 Å². The van der Waals surface area contributed by atoms with Crippen molar-refractivity contribution in [3.63, 3.8) is 0 Å². The van der Waals surface area contributed by atoms with Gasteiger partial charge in [0.05, 0.1) is 23.0 Å². The van der Waals surface area contributed by atoms with E-state index in [1.54, 1.807) is 84.9 Å². The zero-order valence-electron chi connectivity index (χ0n) is 20.1. The highest BCUT2D eigenvalue weighted by atomic mass is 79.9. The second kappa shape index (κ2) is 12.4. The van der Waals surface area contributed by atoms with Crippen molar-refractivity contribution >= 4 is 61.5 Å². The maximum atomic E-state index is 12.9. The lowest BCUT2D eigenvalue weighted by molar-refractivity contribution is 0.0733. The second-order valence-electron chi connectivity index (χ2n) is 8.15. The first-order valence-corrected chi connectivity index (χ1v) is 13.0. The topological polar surface area (TPSA) is 96.9 Å². The van der Waals surface area contributed by atoms with Crippen molar-refractivity contribution in [2.75, 3.05) is 5.32 Å². The van der Waals surface area contributed by atoms with Crippen LogP contribution >= 0.6 is 31.9 Å². The Morgan fingerprint density at radius 2 is 1.53 bits per heavy atom. The molecule has 0 atom stereocenters. The number of hydrazone groups is 1. The van der Waals surface area contributed by atoms with Crippen LogP contribution in [0.3, 0.4) is 0 Å². The van der Waals surface area contributed by atoms with Crippen molar-refractivity contribution in [1.29, 1.82) is 0 Å². The van der Waals surface area contributed by atoms with Crippen molar-refractivity contribution in [2.24, 2.45) is 5.10 Å². The Hall–Kier alpha value is -4.08. The van der Waals surface area contributed by atoms with Gasteiger partial charge in [-0.05, 0) is 73.7 Å². The van der Waals surface area contributed by atoms with Crippen LogP contribution in [0.25, 0.3) is 0 Å². The molecule has 0 saturated carbocycles. The normalized spacial score (nSPS) is 10.7. The maximum absolute atomic E-state index is 12.9. The highest BCUT2D eigenvalue weighted by Crippen LogP contribution is 2.23. The summed E-state index contributed by atoms with van der Waals surface area (Å²) >= 11 is 6.74. The van der Waals surface area contributed by atoms with E-state index in [1.807, 2.05) is 13.0 Å². The fourth-order valence-corrected chi connectivity index (χ4v) is 4.09. The molecule has 7 nitrogen and oxygen atoms in total. The van der Waals surface area contributed by atoms with Gasteiger partial charge >= 0.3 is 5.97 Å². The van der Waals surface area contributed by atoms with E-state index < -0.39 is 11.9 Å². The largest absolute Gasteiger partial charge is 0.422 e. The third kappa shape index (κ3) is 7.02. The summed E-state index contributed by atoms with van der Waals surface area (Å²) < 4.78 is 7.17. The summed E-state index contributed by atoms with van der Waals surface area (Å²) in [5.74, 6) is -1.11. The number of carbonyl (C=O) groups excluding carboxylic acids is 3. The number of aryl methyl sites for hydroxylation is 1. The molecule has 2 amide bonds. The molecule has 0 aliphatic heterocycles. The van der Waals surface area contributed by atoms with Gasteiger partial charge in [-0.2, -0.15) is 5.10 Å². The third-order valence-corrected chi connectivity index (χ3v) is 6.35. The molecule has 190 valence electrons. The third-order valence-electron chi connectivity index (χ3n) is 5.32. The van der Waals surface area contributed by atoms with Crippen LogP contribution in [0, 0.1) is 6.92 Å². The molecule has 0 aromatic heterocycles. The van der Waals surface area contributed by atoms with Crippen molar-refractivity contribution < 1.29 is 19.1 Å². The molecule has 0 spiro atoms. The molecule has 2 N–H and O–H groups in total. The minimum Gasteiger partial charge on any atom is -0.422 e. The summed E-state index contributed by atoms with van der Waals surface area (Å²) in [5, 5.41) is 6.81. The Bertz CT molecular complexity index is 1540. The molecule has 9 heteroatoms. The average molecular weight is 635 g/mol. The summed E-state index contributed by atoms with van der Waals surface area (Å²) in [7, 11) is 0. The van der Waals surface area contributed by atoms with Crippen LogP contribution in [-0.4, -0.2) is 24.0 Å². The SMILES string of the molecule is Cc1cccc(C(=O)Oc2ccc(Br)cc2/C=N\NC(=O)c2ccccc2NC(=O)c2ccc(Br)cc2)c1. The summed E-state index contributed by atoms with van der Waals surface area (Å²) in [6.07, 6.45) is 1.38. The summed E-state index contributed by atoms with van der Waals surface area (Å²) in [5.41, 5.74) is 5.31. The van der Waals surface area contributed by atoms with E-state index in [2.05, 4.69) is 47.7 Å². The van der Waals surface area contributed by atoms with Crippen molar-refractivity contribution in [2.45, 2.75) is 6.92 Å². The quantitative estimate of drug-likeness (QED) is 0.102. The van der Waals surface area contributed by atoms with E-state index in [4.69, 9.17) is 4.74 Å². The molecule has 0 unspecified atom stereocenters. The number of rotatable bonds is 7. The number of carbonyl (C=O) groups is 3. The number of nitrogens with one attached hydrogen (secondary N) is 2.